The van der Waals surface area contributed by atoms with Crippen molar-refractivity contribution in [2.45, 2.75) is 12.5 Å². The first-order valence-corrected chi connectivity index (χ1v) is 6.58. The topological polar surface area (TPSA) is 59.9 Å². The van der Waals surface area contributed by atoms with Crippen molar-refractivity contribution in [1.29, 1.82) is 0 Å². The Hall–Kier alpha value is -1.79. The van der Waals surface area contributed by atoms with Crippen molar-refractivity contribution in [1.82, 2.24) is 15.0 Å². The summed E-state index contributed by atoms with van der Waals surface area (Å²) in [6, 6.07) is 3.53. The third-order valence-electron chi connectivity index (χ3n) is 3.04. The van der Waals surface area contributed by atoms with Gasteiger partial charge in [0.25, 0.3) is 0 Å². The smallest absolute Gasteiger partial charge is 0.231 e. The van der Waals surface area contributed by atoms with Crippen LogP contribution in [-0.2, 0) is 4.74 Å². The largest absolute Gasteiger partial charge is 0.379 e. The van der Waals surface area contributed by atoms with Crippen LogP contribution >= 0.6 is 11.6 Å². The number of nitrogens with one attached hydrogen (secondary N) is 1. The molecule has 1 unspecified atom stereocenters. The molecule has 7 heteroatoms. The molecule has 0 saturated carbocycles. The van der Waals surface area contributed by atoms with Crippen molar-refractivity contribution in [3.05, 3.63) is 35.6 Å². The average Bonchev–Trinajstić information content (AvgIpc) is 2.95. The third-order valence-corrected chi connectivity index (χ3v) is 3.31. The van der Waals surface area contributed by atoms with Crippen LogP contribution in [0.4, 0.5) is 10.2 Å². The number of rotatable bonds is 3. The van der Waals surface area contributed by atoms with Crippen LogP contribution in [0.25, 0.3) is 11.3 Å². The van der Waals surface area contributed by atoms with Crippen LogP contribution in [-0.4, -0.2) is 34.2 Å². The van der Waals surface area contributed by atoms with Gasteiger partial charge in [0.2, 0.25) is 5.95 Å². The lowest BCUT2D eigenvalue weighted by atomic mass is 10.2. The van der Waals surface area contributed by atoms with E-state index in [1.807, 2.05) is 0 Å². The van der Waals surface area contributed by atoms with Crippen molar-refractivity contribution in [2.24, 2.45) is 0 Å². The highest BCUT2D eigenvalue weighted by Gasteiger charge is 2.16. The third kappa shape index (κ3) is 2.86. The van der Waals surface area contributed by atoms with Gasteiger partial charge in [0.15, 0.2) is 0 Å². The molecule has 1 aliphatic rings. The zero-order valence-corrected chi connectivity index (χ0v) is 11.3. The normalized spacial score (nSPS) is 18.2. The Morgan fingerprint density at radius 2 is 2.20 bits per heavy atom. The van der Waals surface area contributed by atoms with Gasteiger partial charge in [0.1, 0.15) is 12.1 Å². The van der Waals surface area contributed by atoms with Gasteiger partial charge < -0.3 is 10.1 Å². The molecule has 3 rings (SSSR count). The number of pyridine rings is 1. The Morgan fingerprint density at radius 3 is 2.95 bits per heavy atom. The molecule has 0 radical (unpaired) electrons. The van der Waals surface area contributed by atoms with E-state index in [0.717, 1.165) is 13.0 Å². The molecule has 0 bridgehead atoms. The molecule has 0 spiro atoms. The van der Waals surface area contributed by atoms with Gasteiger partial charge in [0, 0.05) is 24.4 Å². The lowest BCUT2D eigenvalue weighted by Gasteiger charge is -2.11. The number of nitrogens with zero attached hydrogens (tertiary/aromatic N) is 3. The Kier molecular flexibility index (Phi) is 3.75. The zero-order valence-electron chi connectivity index (χ0n) is 10.5. The Labute approximate surface area is 120 Å². The van der Waals surface area contributed by atoms with E-state index in [1.165, 1.54) is 18.6 Å². The fourth-order valence-corrected chi connectivity index (χ4v) is 2.18. The van der Waals surface area contributed by atoms with Crippen molar-refractivity contribution in [3.8, 4) is 11.3 Å². The van der Waals surface area contributed by atoms with Gasteiger partial charge >= 0.3 is 0 Å². The van der Waals surface area contributed by atoms with Crippen LogP contribution in [0.15, 0.2) is 24.7 Å². The number of aromatic nitrogens is 3. The Morgan fingerprint density at radius 1 is 1.30 bits per heavy atom. The Bertz CT molecular complexity index is 619. The lowest BCUT2D eigenvalue weighted by molar-refractivity contribution is 0.195. The predicted molar refractivity (Wildman–Crippen MR) is 73.1 cm³/mol. The van der Waals surface area contributed by atoms with E-state index in [-0.39, 0.29) is 11.1 Å². The molecule has 1 aliphatic heterocycles. The summed E-state index contributed by atoms with van der Waals surface area (Å²) in [4.78, 5) is 11.9. The van der Waals surface area contributed by atoms with Crippen LogP contribution in [0.3, 0.4) is 0 Å². The molecule has 1 saturated heterocycles. The molecule has 1 fully saturated rings. The van der Waals surface area contributed by atoms with Gasteiger partial charge in [-0.25, -0.2) is 15.0 Å². The standard InChI is InChI=1S/C13H12ClFN4O/c14-10-3-8(5-16-13(10)15)11-4-12(18-7-17-11)19-9-1-2-20-6-9/h3-5,7,9H,1-2,6H2,(H,17,18,19). The Balaban J connectivity index is 1.84. The molecule has 0 aliphatic carbocycles. The van der Waals surface area contributed by atoms with Crippen LogP contribution < -0.4 is 5.32 Å². The minimum Gasteiger partial charge on any atom is -0.379 e. The molecular weight excluding hydrogens is 283 g/mol. The molecular formula is C13H12ClFN4O. The monoisotopic (exact) mass is 294 g/mol. The summed E-state index contributed by atoms with van der Waals surface area (Å²) in [6.45, 7) is 1.43. The van der Waals surface area contributed by atoms with Crippen molar-refractivity contribution < 1.29 is 9.13 Å². The second-order valence-corrected chi connectivity index (χ2v) is 4.90. The van der Waals surface area contributed by atoms with E-state index in [4.69, 9.17) is 16.3 Å². The quantitative estimate of drug-likeness (QED) is 0.882. The molecule has 1 atom stereocenters. The minimum absolute atomic E-state index is 0.0279. The lowest BCUT2D eigenvalue weighted by Crippen LogP contribution is -2.19. The molecule has 0 amide bonds. The van der Waals surface area contributed by atoms with Gasteiger partial charge in [-0.3, -0.25) is 0 Å². The second-order valence-electron chi connectivity index (χ2n) is 4.49. The molecule has 2 aromatic heterocycles. The highest BCUT2D eigenvalue weighted by atomic mass is 35.5. The van der Waals surface area contributed by atoms with Gasteiger partial charge in [-0.05, 0) is 12.5 Å². The fraction of sp³-hybridized carbons (Fsp3) is 0.308. The van der Waals surface area contributed by atoms with E-state index in [2.05, 4.69) is 20.3 Å². The molecule has 2 aromatic rings. The predicted octanol–water partition coefficient (Wildman–Crippen LogP) is 2.53. The number of hydrogen-bond acceptors (Lipinski definition) is 5. The minimum atomic E-state index is -0.689. The molecule has 5 nitrogen and oxygen atoms in total. The SMILES string of the molecule is Fc1ncc(-c2cc(NC3CCOC3)ncn2)cc1Cl. The molecule has 104 valence electrons. The summed E-state index contributed by atoms with van der Waals surface area (Å²) in [5.41, 5.74) is 1.28. The summed E-state index contributed by atoms with van der Waals surface area (Å²) in [7, 11) is 0. The first kappa shape index (κ1) is 13.2. The summed E-state index contributed by atoms with van der Waals surface area (Å²) >= 11 is 5.73. The molecule has 20 heavy (non-hydrogen) atoms. The van der Waals surface area contributed by atoms with Crippen LogP contribution in [0, 0.1) is 5.95 Å². The van der Waals surface area contributed by atoms with E-state index in [9.17, 15) is 4.39 Å². The van der Waals surface area contributed by atoms with Crippen LogP contribution in [0.5, 0.6) is 0 Å². The highest BCUT2D eigenvalue weighted by molar-refractivity contribution is 6.30. The summed E-state index contributed by atoms with van der Waals surface area (Å²) < 4.78 is 18.4. The van der Waals surface area contributed by atoms with Crippen LogP contribution in [0.1, 0.15) is 6.42 Å². The zero-order chi connectivity index (χ0) is 13.9. The maximum atomic E-state index is 13.1. The average molecular weight is 295 g/mol. The van der Waals surface area contributed by atoms with E-state index in [1.54, 1.807) is 6.07 Å². The highest BCUT2D eigenvalue weighted by Crippen LogP contribution is 2.23. The fourth-order valence-electron chi connectivity index (χ4n) is 2.01. The second kappa shape index (κ2) is 5.68. The number of anilines is 1. The molecule has 1 N–H and O–H groups in total. The van der Waals surface area contributed by atoms with E-state index < -0.39 is 5.95 Å². The summed E-state index contributed by atoms with van der Waals surface area (Å²) in [6.07, 6.45) is 3.79. The first-order valence-electron chi connectivity index (χ1n) is 6.20. The van der Waals surface area contributed by atoms with E-state index >= 15 is 0 Å². The van der Waals surface area contributed by atoms with Crippen molar-refractivity contribution in [3.63, 3.8) is 0 Å². The number of hydrogen-bond donors (Lipinski definition) is 1. The van der Waals surface area contributed by atoms with Gasteiger partial charge in [0.05, 0.1) is 23.4 Å². The summed E-state index contributed by atoms with van der Waals surface area (Å²) in [5.74, 6) is 0.0110. The maximum Gasteiger partial charge on any atom is 0.231 e. The molecule has 0 aromatic carbocycles. The van der Waals surface area contributed by atoms with Crippen molar-refractivity contribution >= 4 is 17.4 Å². The van der Waals surface area contributed by atoms with Crippen LogP contribution in [0.2, 0.25) is 5.02 Å². The molecule has 3 heterocycles. The number of ether oxygens (including phenoxy) is 1. The first-order chi connectivity index (χ1) is 9.72. The van der Waals surface area contributed by atoms with E-state index in [0.29, 0.717) is 23.7 Å². The van der Waals surface area contributed by atoms with Gasteiger partial charge in [-0.15, -0.1) is 0 Å². The van der Waals surface area contributed by atoms with Gasteiger partial charge in [-0.1, -0.05) is 11.6 Å². The van der Waals surface area contributed by atoms with Crippen molar-refractivity contribution in [2.75, 3.05) is 18.5 Å². The number of halogens is 2. The summed E-state index contributed by atoms with van der Waals surface area (Å²) in [5, 5.41) is 3.25. The maximum absolute atomic E-state index is 13.1. The van der Waals surface area contributed by atoms with Gasteiger partial charge in [-0.2, -0.15) is 4.39 Å².